The second kappa shape index (κ2) is 4.15. The summed E-state index contributed by atoms with van der Waals surface area (Å²) in [5, 5.41) is 9.72. The quantitative estimate of drug-likeness (QED) is 0.796. The van der Waals surface area contributed by atoms with Gasteiger partial charge in [0.15, 0.2) is 0 Å². The third-order valence-electron chi connectivity index (χ3n) is 3.00. The van der Waals surface area contributed by atoms with Gasteiger partial charge in [-0.15, -0.1) is 0 Å². The fourth-order valence-corrected chi connectivity index (χ4v) is 2.20. The van der Waals surface area contributed by atoms with Crippen LogP contribution in [0.1, 0.15) is 25.0 Å². The van der Waals surface area contributed by atoms with E-state index in [1.807, 2.05) is 19.2 Å². The third-order valence-corrected chi connectivity index (χ3v) is 3.00. The lowest BCUT2D eigenvalue weighted by atomic mass is 10.2. The molecule has 1 fully saturated rings. The zero-order chi connectivity index (χ0) is 9.97. The van der Waals surface area contributed by atoms with Crippen LogP contribution in [0.25, 0.3) is 0 Å². The number of aliphatic hydroxyl groups excluding tert-OH is 1. The first-order valence-corrected chi connectivity index (χ1v) is 5.18. The van der Waals surface area contributed by atoms with Crippen LogP contribution in [-0.2, 0) is 6.54 Å². The maximum Gasteiger partial charge on any atom is 0.117 e. The summed E-state index contributed by atoms with van der Waals surface area (Å²) in [5.74, 6) is 0.964. The van der Waals surface area contributed by atoms with Crippen LogP contribution in [0.4, 0.5) is 0 Å². The second-order valence-corrected chi connectivity index (χ2v) is 4.06. The molecule has 3 nitrogen and oxygen atoms in total. The first kappa shape index (κ1) is 9.74. The number of hydrogen-bond donors (Lipinski definition) is 1. The van der Waals surface area contributed by atoms with Gasteiger partial charge in [0.2, 0.25) is 0 Å². The fraction of sp³-hybridized carbons (Fsp3) is 0.636. The lowest BCUT2D eigenvalue weighted by molar-refractivity contribution is 0.0788. The van der Waals surface area contributed by atoms with Gasteiger partial charge in [-0.2, -0.15) is 0 Å². The predicted molar refractivity (Wildman–Crippen MR) is 53.8 cm³/mol. The molecule has 0 radical (unpaired) electrons. The number of rotatable bonds is 3. The van der Waals surface area contributed by atoms with E-state index in [1.54, 1.807) is 6.26 Å². The normalized spacial score (nSPS) is 27.4. The molecule has 0 amide bonds. The molecule has 1 aliphatic rings. The Morgan fingerprint density at radius 3 is 3.00 bits per heavy atom. The Morgan fingerprint density at radius 2 is 2.43 bits per heavy atom. The molecular formula is C11H17NO2. The lowest BCUT2D eigenvalue weighted by Crippen LogP contribution is -2.36. The number of hydrogen-bond acceptors (Lipinski definition) is 3. The Morgan fingerprint density at radius 1 is 1.57 bits per heavy atom. The van der Waals surface area contributed by atoms with E-state index >= 15 is 0 Å². The van der Waals surface area contributed by atoms with Crippen molar-refractivity contribution in [1.82, 2.24) is 4.90 Å². The molecule has 0 bridgehead atoms. The molecule has 78 valence electrons. The SMILES string of the molecule is CN(Cc1ccco1)C1CCCC1O. The molecule has 0 saturated heterocycles. The lowest BCUT2D eigenvalue weighted by Gasteiger charge is -2.25. The van der Waals surface area contributed by atoms with Crippen molar-refractivity contribution >= 4 is 0 Å². The van der Waals surface area contributed by atoms with E-state index in [-0.39, 0.29) is 6.10 Å². The van der Waals surface area contributed by atoms with Gasteiger partial charge in [-0.25, -0.2) is 0 Å². The van der Waals surface area contributed by atoms with Gasteiger partial charge in [0.1, 0.15) is 5.76 Å². The fourth-order valence-electron chi connectivity index (χ4n) is 2.20. The average Bonchev–Trinajstić information content (AvgIpc) is 2.75. The molecular weight excluding hydrogens is 178 g/mol. The van der Waals surface area contributed by atoms with Crippen LogP contribution >= 0.6 is 0 Å². The number of likely N-dealkylation sites (N-methyl/N-ethyl adjacent to an activating group) is 1. The summed E-state index contributed by atoms with van der Waals surface area (Å²) in [5.41, 5.74) is 0. The van der Waals surface area contributed by atoms with Gasteiger partial charge in [-0.3, -0.25) is 4.90 Å². The van der Waals surface area contributed by atoms with Crippen LogP contribution < -0.4 is 0 Å². The molecule has 0 spiro atoms. The first-order chi connectivity index (χ1) is 6.77. The van der Waals surface area contributed by atoms with Gasteiger partial charge in [-0.1, -0.05) is 0 Å². The minimum atomic E-state index is -0.157. The maximum atomic E-state index is 9.72. The number of nitrogens with zero attached hydrogens (tertiary/aromatic N) is 1. The van der Waals surface area contributed by atoms with Crippen LogP contribution in [0.5, 0.6) is 0 Å². The van der Waals surface area contributed by atoms with E-state index in [4.69, 9.17) is 4.42 Å². The molecule has 1 N–H and O–H groups in total. The van der Waals surface area contributed by atoms with Crippen LogP contribution in [-0.4, -0.2) is 29.2 Å². The van der Waals surface area contributed by atoms with Crippen molar-refractivity contribution in [2.75, 3.05) is 7.05 Å². The molecule has 3 heteroatoms. The Kier molecular flexibility index (Phi) is 2.89. The van der Waals surface area contributed by atoms with Gasteiger partial charge >= 0.3 is 0 Å². The summed E-state index contributed by atoms with van der Waals surface area (Å²) in [6.45, 7) is 0.786. The van der Waals surface area contributed by atoms with Crippen molar-refractivity contribution in [3.05, 3.63) is 24.2 Å². The molecule has 1 saturated carbocycles. The highest BCUT2D eigenvalue weighted by atomic mass is 16.3. The largest absolute Gasteiger partial charge is 0.468 e. The highest BCUT2D eigenvalue weighted by molar-refractivity contribution is 4.98. The van der Waals surface area contributed by atoms with Crippen LogP contribution in [0.2, 0.25) is 0 Å². The van der Waals surface area contributed by atoms with E-state index in [9.17, 15) is 5.11 Å². The molecule has 14 heavy (non-hydrogen) atoms. The summed E-state index contributed by atoms with van der Waals surface area (Å²) < 4.78 is 5.28. The molecule has 1 heterocycles. The van der Waals surface area contributed by atoms with E-state index in [0.29, 0.717) is 6.04 Å². The Balaban J connectivity index is 1.92. The maximum absolute atomic E-state index is 9.72. The summed E-state index contributed by atoms with van der Waals surface area (Å²) in [4.78, 5) is 2.18. The van der Waals surface area contributed by atoms with Crippen molar-refractivity contribution in [3.63, 3.8) is 0 Å². The minimum Gasteiger partial charge on any atom is -0.468 e. The Bertz CT molecular complexity index is 271. The standard InChI is InChI=1S/C11H17NO2/c1-12(8-9-4-3-7-14-9)10-5-2-6-11(10)13/h3-4,7,10-11,13H,2,5-6,8H2,1H3. The van der Waals surface area contributed by atoms with E-state index in [1.165, 1.54) is 0 Å². The van der Waals surface area contributed by atoms with Crippen molar-refractivity contribution in [3.8, 4) is 0 Å². The van der Waals surface area contributed by atoms with Crippen molar-refractivity contribution in [2.24, 2.45) is 0 Å². The van der Waals surface area contributed by atoms with Crippen molar-refractivity contribution in [2.45, 2.75) is 38.0 Å². The number of furan rings is 1. The summed E-state index contributed by atoms with van der Waals surface area (Å²) in [6.07, 6.45) is 4.70. The predicted octanol–water partition coefficient (Wildman–Crippen LogP) is 1.62. The van der Waals surface area contributed by atoms with E-state index < -0.39 is 0 Å². The second-order valence-electron chi connectivity index (χ2n) is 4.06. The van der Waals surface area contributed by atoms with Gasteiger partial charge in [0, 0.05) is 6.04 Å². The highest BCUT2D eigenvalue weighted by Gasteiger charge is 2.28. The van der Waals surface area contributed by atoms with E-state index in [2.05, 4.69) is 4.90 Å². The third kappa shape index (κ3) is 1.99. The summed E-state index contributed by atoms with van der Waals surface area (Å²) in [6, 6.07) is 4.17. The first-order valence-electron chi connectivity index (χ1n) is 5.18. The Hall–Kier alpha value is -0.800. The zero-order valence-electron chi connectivity index (χ0n) is 8.52. The molecule has 2 rings (SSSR count). The molecule has 0 aliphatic heterocycles. The van der Waals surface area contributed by atoms with Crippen molar-refractivity contribution < 1.29 is 9.52 Å². The Labute approximate surface area is 84.3 Å². The summed E-state index contributed by atoms with van der Waals surface area (Å²) >= 11 is 0. The molecule has 2 unspecified atom stereocenters. The van der Waals surface area contributed by atoms with Crippen LogP contribution in [0, 0.1) is 0 Å². The number of aliphatic hydroxyl groups is 1. The topological polar surface area (TPSA) is 36.6 Å². The molecule has 0 aromatic carbocycles. The van der Waals surface area contributed by atoms with Gasteiger partial charge in [-0.05, 0) is 38.4 Å². The smallest absolute Gasteiger partial charge is 0.117 e. The summed E-state index contributed by atoms with van der Waals surface area (Å²) in [7, 11) is 2.04. The van der Waals surface area contributed by atoms with Gasteiger partial charge in [0.05, 0.1) is 18.9 Å². The van der Waals surface area contributed by atoms with Gasteiger partial charge < -0.3 is 9.52 Å². The van der Waals surface area contributed by atoms with Crippen molar-refractivity contribution in [1.29, 1.82) is 0 Å². The zero-order valence-corrected chi connectivity index (χ0v) is 8.52. The monoisotopic (exact) mass is 195 g/mol. The van der Waals surface area contributed by atoms with E-state index in [0.717, 1.165) is 31.6 Å². The minimum absolute atomic E-state index is 0.157. The van der Waals surface area contributed by atoms with Crippen LogP contribution in [0.15, 0.2) is 22.8 Å². The highest BCUT2D eigenvalue weighted by Crippen LogP contribution is 2.24. The molecule has 1 aromatic heterocycles. The molecule has 2 atom stereocenters. The van der Waals surface area contributed by atoms with Crippen LogP contribution in [0.3, 0.4) is 0 Å². The average molecular weight is 195 g/mol. The molecule has 1 aromatic rings. The molecule has 1 aliphatic carbocycles. The van der Waals surface area contributed by atoms with Gasteiger partial charge in [0.25, 0.3) is 0 Å².